The number of carbonyl (C=O) groups is 1. The summed E-state index contributed by atoms with van der Waals surface area (Å²) < 4.78 is 0. The van der Waals surface area contributed by atoms with Crippen molar-refractivity contribution in [2.45, 2.75) is 38.8 Å². The van der Waals surface area contributed by atoms with Crippen molar-refractivity contribution >= 4 is 28.1 Å². The normalized spacial score (nSPS) is 13.9. The maximum absolute atomic E-state index is 12.2. The Hall–Kier alpha value is -2.11. The third kappa shape index (κ3) is 4.11. The molecule has 0 aliphatic rings. The zero-order valence-corrected chi connectivity index (χ0v) is 15.8. The van der Waals surface area contributed by atoms with Gasteiger partial charge in [0.1, 0.15) is 0 Å². The van der Waals surface area contributed by atoms with E-state index in [9.17, 15) is 4.79 Å². The van der Waals surface area contributed by atoms with Crippen molar-refractivity contribution in [3.63, 3.8) is 0 Å². The quantitative estimate of drug-likeness (QED) is 0.599. The molecule has 132 valence electrons. The van der Waals surface area contributed by atoms with Crippen molar-refractivity contribution in [3.8, 4) is 0 Å². The number of hydrogen-bond donors (Lipinski definition) is 3. The maximum Gasteiger partial charge on any atom is 0.278 e. The van der Waals surface area contributed by atoms with Crippen molar-refractivity contribution in [2.75, 3.05) is 6.54 Å². The number of aromatic amines is 1. The number of benzene rings is 1. The zero-order valence-electron chi connectivity index (χ0n) is 15.0. The Labute approximate surface area is 152 Å². The fourth-order valence-corrected chi connectivity index (χ4v) is 3.99. The largest absolute Gasteiger partial charge is 0.361 e. The van der Waals surface area contributed by atoms with E-state index in [1.165, 1.54) is 15.8 Å². The highest BCUT2D eigenvalue weighted by molar-refractivity contribution is 7.10. The van der Waals surface area contributed by atoms with E-state index < -0.39 is 0 Å². The Morgan fingerprint density at radius 1 is 1.20 bits per heavy atom. The molecule has 2 atom stereocenters. The molecule has 0 radical (unpaired) electrons. The molecular formula is C20H26N3OS+. The lowest BCUT2D eigenvalue weighted by molar-refractivity contribution is -0.674. The van der Waals surface area contributed by atoms with Gasteiger partial charge in [-0.1, -0.05) is 24.3 Å². The molecule has 0 aliphatic heterocycles. The zero-order chi connectivity index (χ0) is 17.8. The van der Waals surface area contributed by atoms with Crippen molar-refractivity contribution in [1.29, 1.82) is 0 Å². The molecule has 0 unspecified atom stereocenters. The molecule has 0 bridgehead atoms. The van der Waals surface area contributed by atoms with Gasteiger partial charge in [-0.2, -0.15) is 0 Å². The van der Waals surface area contributed by atoms with Gasteiger partial charge in [0.05, 0.1) is 12.5 Å². The van der Waals surface area contributed by atoms with Crippen LogP contribution in [-0.4, -0.2) is 29.5 Å². The highest BCUT2D eigenvalue weighted by Gasteiger charge is 2.24. The summed E-state index contributed by atoms with van der Waals surface area (Å²) in [4.78, 5) is 16.9. The molecule has 3 aromatic rings. The highest BCUT2D eigenvalue weighted by Crippen LogP contribution is 2.32. The minimum atomic E-state index is -0.102. The summed E-state index contributed by atoms with van der Waals surface area (Å²) in [6.07, 6.45) is 2.11. The Balaban J connectivity index is 1.81. The molecule has 25 heavy (non-hydrogen) atoms. The molecule has 0 saturated heterocycles. The molecule has 5 heteroatoms. The van der Waals surface area contributed by atoms with Crippen LogP contribution in [0.25, 0.3) is 10.9 Å². The number of para-hydroxylation sites is 1. The number of nitrogens with one attached hydrogen (secondary N) is 2. The molecule has 3 rings (SSSR count). The number of amides is 1. The first-order valence-corrected chi connectivity index (χ1v) is 9.67. The number of aromatic nitrogens is 1. The maximum atomic E-state index is 12.2. The lowest BCUT2D eigenvalue weighted by atomic mass is 9.96. The highest BCUT2D eigenvalue weighted by atomic mass is 32.1. The van der Waals surface area contributed by atoms with Gasteiger partial charge in [-0.15, -0.1) is 11.3 Å². The fourth-order valence-electron chi connectivity index (χ4n) is 3.13. The lowest BCUT2D eigenvalue weighted by Gasteiger charge is -2.18. The van der Waals surface area contributed by atoms with Gasteiger partial charge in [0.2, 0.25) is 0 Å². The summed E-state index contributed by atoms with van der Waals surface area (Å²) in [6, 6.07) is 12.7. The first kappa shape index (κ1) is 17.7. The Kier molecular flexibility index (Phi) is 5.56. The standard InChI is InChI=1S/C20H25N3OS/c1-13(2)23-20(24)14(3)21-12-17(19-9-6-10-25-19)16-11-22-18-8-5-4-7-15(16)18/h4-11,13-14,17,21-22H,12H2,1-3H3,(H,23,24)/p+1/t14-,17+/m0/s1. The summed E-state index contributed by atoms with van der Waals surface area (Å²) in [5.41, 5.74) is 2.45. The molecule has 0 fully saturated rings. The topological polar surface area (TPSA) is 61.5 Å². The Bertz CT molecular complexity index is 822. The van der Waals surface area contributed by atoms with Gasteiger partial charge in [0.25, 0.3) is 5.91 Å². The molecule has 2 heterocycles. The molecule has 1 amide bonds. The van der Waals surface area contributed by atoms with Crippen LogP contribution >= 0.6 is 11.3 Å². The predicted octanol–water partition coefficient (Wildman–Crippen LogP) is 2.84. The van der Waals surface area contributed by atoms with E-state index in [-0.39, 0.29) is 23.9 Å². The van der Waals surface area contributed by atoms with Crippen LogP contribution < -0.4 is 10.6 Å². The third-order valence-electron chi connectivity index (χ3n) is 4.45. The molecule has 0 aliphatic carbocycles. The van der Waals surface area contributed by atoms with Crippen LogP contribution in [0.15, 0.2) is 48.0 Å². The Morgan fingerprint density at radius 3 is 2.72 bits per heavy atom. The fraction of sp³-hybridized carbons (Fsp3) is 0.350. The predicted molar refractivity (Wildman–Crippen MR) is 104 cm³/mol. The van der Waals surface area contributed by atoms with E-state index in [1.807, 2.05) is 26.8 Å². The number of quaternary nitrogens is 1. The van der Waals surface area contributed by atoms with Crippen LogP contribution in [0.1, 0.15) is 37.1 Å². The van der Waals surface area contributed by atoms with Crippen LogP contribution in [0.3, 0.4) is 0 Å². The number of thiophene rings is 1. The van der Waals surface area contributed by atoms with Crippen molar-refractivity contribution < 1.29 is 10.1 Å². The second kappa shape index (κ2) is 7.85. The molecule has 0 saturated carbocycles. The van der Waals surface area contributed by atoms with Crippen LogP contribution in [0.4, 0.5) is 0 Å². The van der Waals surface area contributed by atoms with Gasteiger partial charge in [0, 0.05) is 28.0 Å². The van der Waals surface area contributed by atoms with Gasteiger partial charge in [0.15, 0.2) is 6.04 Å². The average molecular weight is 357 g/mol. The van der Waals surface area contributed by atoms with E-state index in [4.69, 9.17) is 0 Å². The number of rotatable bonds is 7. The lowest BCUT2D eigenvalue weighted by Crippen LogP contribution is -2.92. The van der Waals surface area contributed by atoms with Crippen molar-refractivity contribution in [2.24, 2.45) is 0 Å². The smallest absolute Gasteiger partial charge is 0.278 e. The number of nitrogens with two attached hydrogens (primary N) is 1. The summed E-state index contributed by atoms with van der Waals surface area (Å²) >= 11 is 1.77. The van der Waals surface area contributed by atoms with Gasteiger partial charge in [-0.3, -0.25) is 4.79 Å². The molecular weight excluding hydrogens is 330 g/mol. The second-order valence-corrected chi connectivity index (χ2v) is 7.76. The molecule has 4 nitrogen and oxygen atoms in total. The second-order valence-electron chi connectivity index (χ2n) is 6.78. The van der Waals surface area contributed by atoms with E-state index >= 15 is 0 Å². The van der Waals surface area contributed by atoms with E-state index in [2.05, 4.69) is 57.5 Å². The summed E-state index contributed by atoms with van der Waals surface area (Å²) in [7, 11) is 0. The van der Waals surface area contributed by atoms with E-state index in [0.717, 1.165) is 12.1 Å². The van der Waals surface area contributed by atoms with E-state index in [1.54, 1.807) is 11.3 Å². The van der Waals surface area contributed by atoms with Crippen LogP contribution in [0, 0.1) is 0 Å². The van der Waals surface area contributed by atoms with Crippen LogP contribution in [0.2, 0.25) is 0 Å². The monoisotopic (exact) mass is 356 g/mol. The SMILES string of the molecule is CC(C)NC(=O)[C@H](C)[NH2+]C[C@@H](c1cccs1)c1c[nH]c2ccccc12. The minimum Gasteiger partial charge on any atom is -0.361 e. The van der Waals surface area contributed by atoms with Crippen LogP contribution in [0.5, 0.6) is 0 Å². The summed E-state index contributed by atoms with van der Waals surface area (Å²) in [6.45, 7) is 6.80. The van der Waals surface area contributed by atoms with Crippen LogP contribution in [-0.2, 0) is 4.79 Å². The first-order chi connectivity index (χ1) is 12.1. The van der Waals surface area contributed by atoms with Gasteiger partial charge in [-0.05, 0) is 43.8 Å². The molecule has 2 aromatic heterocycles. The third-order valence-corrected chi connectivity index (χ3v) is 5.44. The minimum absolute atomic E-state index is 0.0962. The molecule has 0 spiro atoms. The Morgan fingerprint density at radius 2 is 2.00 bits per heavy atom. The number of hydrogen-bond acceptors (Lipinski definition) is 2. The van der Waals surface area contributed by atoms with Crippen molar-refractivity contribution in [1.82, 2.24) is 10.3 Å². The number of H-pyrrole nitrogens is 1. The molecule has 1 aromatic carbocycles. The first-order valence-electron chi connectivity index (χ1n) is 8.79. The summed E-state index contributed by atoms with van der Waals surface area (Å²) in [5, 5.41) is 8.51. The number of fused-ring (bicyclic) bond motifs is 1. The van der Waals surface area contributed by atoms with Gasteiger partial charge in [-0.25, -0.2) is 0 Å². The van der Waals surface area contributed by atoms with Gasteiger partial charge < -0.3 is 15.6 Å². The van der Waals surface area contributed by atoms with Crippen molar-refractivity contribution in [3.05, 3.63) is 58.4 Å². The van der Waals surface area contributed by atoms with Gasteiger partial charge >= 0.3 is 0 Å². The average Bonchev–Trinajstić information content (AvgIpc) is 3.25. The number of carbonyl (C=O) groups excluding carboxylic acids is 1. The summed E-state index contributed by atoms with van der Waals surface area (Å²) in [5.74, 6) is 0.365. The van der Waals surface area contributed by atoms with E-state index in [0.29, 0.717) is 0 Å². The molecule has 4 N–H and O–H groups in total.